The molecule has 21 heavy (non-hydrogen) atoms. The highest BCUT2D eigenvalue weighted by Crippen LogP contribution is 2.26. The van der Waals surface area contributed by atoms with Crippen LogP contribution in [0.4, 0.5) is 10.1 Å². The standard InChI is InChI=1S/C16H27FN2O2/c1-4-14(18)12-13-6-5-7-15(17)16(13)19(8-10-20-2)9-11-21-3/h5-7,14H,4,8-12,18H2,1-3H3. The summed E-state index contributed by atoms with van der Waals surface area (Å²) < 4.78 is 24.6. The zero-order valence-corrected chi connectivity index (χ0v) is 13.3. The molecule has 5 heteroatoms. The molecule has 0 aliphatic rings. The number of nitrogens with zero attached hydrogens (tertiary/aromatic N) is 1. The van der Waals surface area contributed by atoms with Crippen molar-refractivity contribution in [3.63, 3.8) is 0 Å². The Bertz CT molecular complexity index is 407. The van der Waals surface area contributed by atoms with E-state index in [2.05, 4.69) is 0 Å². The lowest BCUT2D eigenvalue weighted by Crippen LogP contribution is -2.33. The second-order valence-electron chi connectivity index (χ2n) is 5.09. The van der Waals surface area contributed by atoms with Crippen LogP contribution in [-0.4, -0.2) is 46.6 Å². The maximum absolute atomic E-state index is 14.3. The predicted molar refractivity (Wildman–Crippen MR) is 84.3 cm³/mol. The van der Waals surface area contributed by atoms with Crippen molar-refractivity contribution in [3.05, 3.63) is 29.6 Å². The quantitative estimate of drug-likeness (QED) is 0.719. The molecule has 0 radical (unpaired) electrons. The highest BCUT2D eigenvalue weighted by Gasteiger charge is 2.17. The molecule has 0 saturated carbocycles. The molecule has 0 bridgehead atoms. The van der Waals surface area contributed by atoms with E-state index in [1.54, 1.807) is 20.3 Å². The number of nitrogens with two attached hydrogens (primary N) is 1. The van der Waals surface area contributed by atoms with Gasteiger partial charge in [0.1, 0.15) is 5.82 Å². The third-order valence-electron chi connectivity index (χ3n) is 3.52. The molecule has 0 amide bonds. The fourth-order valence-corrected chi connectivity index (χ4v) is 2.24. The average Bonchev–Trinajstić information content (AvgIpc) is 2.48. The molecular formula is C16H27FN2O2. The topological polar surface area (TPSA) is 47.7 Å². The summed E-state index contributed by atoms with van der Waals surface area (Å²) in [6.45, 7) is 4.36. The number of methoxy groups -OCH3 is 2. The molecule has 0 aliphatic carbocycles. The highest BCUT2D eigenvalue weighted by atomic mass is 19.1. The first-order chi connectivity index (χ1) is 10.1. The van der Waals surface area contributed by atoms with E-state index < -0.39 is 0 Å². The van der Waals surface area contributed by atoms with Crippen LogP contribution in [0.1, 0.15) is 18.9 Å². The van der Waals surface area contributed by atoms with Crippen LogP contribution in [0.2, 0.25) is 0 Å². The zero-order valence-electron chi connectivity index (χ0n) is 13.3. The zero-order chi connectivity index (χ0) is 15.7. The minimum Gasteiger partial charge on any atom is -0.383 e. The molecule has 1 aromatic rings. The van der Waals surface area contributed by atoms with Crippen molar-refractivity contribution in [2.24, 2.45) is 5.73 Å². The normalized spacial score (nSPS) is 12.4. The van der Waals surface area contributed by atoms with Crippen molar-refractivity contribution in [2.45, 2.75) is 25.8 Å². The van der Waals surface area contributed by atoms with E-state index in [9.17, 15) is 4.39 Å². The fraction of sp³-hybridized carbons (Fsp3) is 0.625. The maximum atomic E-state index is 14.3. The van der Waals surface area contributed by atoms with Gasteiger partial charge in [-0.3, -0.25) is 0 Å². The Balaban J connectivity index is 3.02. The van der Waals surface area contributed by atoms with Crippen molar-refractivity contribution >= 4 is 5.69 Å². The van der Waals surface area contributed by atoms with Crippen molar-refractivity contribution in [1.82, 2.24) is 0 Å². The van der Waals surface area contributed by atoms with Gasteiger partial charge >= 0.3 is 0 Å². The molecule has 120 valence electrons. The van der Waals surface area contributed by atoms with E-state index in [0.717, 1.165) is 12.0 Å². The SMILES string of the molecule is CCC(N)Cc1cccc(F)c1N(CCOC)CCOC. The molecule has 0 fully saturated rings. The van der Waals surface area contributed by atoms with Crippen molar-refractivity contribution < 1.29 is 13.9 Å². The Morgan fingerprint density at radius 3 is 2.33 bits per heavy atom. The van der Waals surface area contributed by atoms with E-state index in [-0.39, 0.29) is 11.9 Å². The molecule has 1 atom stereocenters. The van der Waals surface area contributed by atoms with Gasteiger partial charge in [-0.25, -0.2) is 4.39 Å². The molecule has 0 saturated heterocycles. The van der Waals surface area contributed by atoms with Crippen LogP contribution in [0.25, 0.3) is 0 Å². The van der Waals surface area contributed by atoms with Crippen LogP contribution in [0, 0.1) is 5.82 Å². The molecule has 0 aromatic heterocycles. The maximum Gasteiger partial charge on any atom is 0.146 e. The van der Waals surface area contributed by atoms with E-state index in [4.69, 9.17) is 15.2 Å². The molecule has 2 N–H and O–H groups in total. The molecule has 1 aromatic carbocycles. The minimum absolute atomic E-state index is 0.0391. The second-order valence-corrected chi connectivity index (χ2v) is 5.09. The number of hydrogen-bond donors (Lipinski definition) is 1. The molecule has 1 unspecified atom stereocenters. The Kier molecular flexibility index (Phi) is 8.27. The van der Waals surface area contributed by atoms with Crippen LogP contribution in [0.5, 0.6) is 0 Å². The molecule has 0 spiro atoms. The summed E-state index contributed by atoms with van der Waals surface area (Å²) in [7, 11) is 3.29. The van der Waals surface area contributed by atoms with E-state index in [1.807, 2.05) is 17.9 Å². The summed E-state index contributed by atoms with van der Waals surface area (Å²) in [5.41, 5.74) is 7.60. The number of anilines is 1. The van der Waals surface area contributed by atoms with Gasteiger partial charge < -0.3 is 20.1 Å². The molecular weight excluding hydrogens is 271 g/mol. The summed E-state index contributed by atoms with van der Waals surface area (Å²) in [4.78, 5) is 1.97. The van der Waals surface area contributed by atoms with E-state index >= 15 is 0 Å². The Hall–Kier alpha value is -1.17. The molecule has 4 nitrogen and oxygen atoms in total. The summed E-state index contributed by atoms with van der Waals surface area (Å²) in [5, 5.41) is 0. The summed E-state index contributed by atoms with van der Waals surface area (Å²) >= 11 is 0. The lowest BCUT2D eigenvalue weighted by atomic mass is 10.0. The first kappa shape index (κ1) is 17.9. The molecule has 0 heterocycles. The lowest BCUT2D eigenvalue weighted by molar-refractivity contribution is 0.190. The first-order valence-corrected chi connectivity index (χ1v) is 7.39. The number of hydrogen-bond acceptors (Lipinski definition) is 4. The van der Waals surface area contributed by atoms with Crippen LogP contribution in [0.15, 0.2) is 18.2 Å². The number of halogens is 1. The third-order valence-corrected chi connectivity index (χ3v) is 3.52. The van der Waals surface area contributed by atoms with Gasteiger partial charge in [-0.2, -0.15) is 0 Å². The fourth-order valence-electron chi connectivity index (χ4n) is 2.24. The Labute approximate surface area is 127 Å². The minimum atomic E-state index is -0.219. The van der Waals surface area contributed by atoms with Crippen molar-refractivity contribution in [2.75, 3.05) is 45.4 Å². The number of ether oxygens (including phenoxy) is 2. The monoisotopic (exact) mass is 298 g/mol. The van der Waals surface area contributed by atoms with Crippen LogP contribution >= 0.6 is 0 Å². The van der Waals surface area contributed by atoms with Crippen LogP contribution < -0.4 is 10.6 Å². The van der Waals surface area contributed by atoms with Gasteiger partial charge in [0.2, 0.25) is 0 Å². The second kappa shape index (κ2) is 9.71. The van der Waals surface area contributed by atoms with Crippen molar-refractivity contribution in [1.29, 1.82) is 0 Å². The number of rotatable bonds is 10. The van der Waals surface area contributed by atoms with E-state index in [0.29, 0.717) is 38.4 Å². The van der Waals surface area contributed by atoms with Gasteiger partial charge in [0, 0.05) is 33.4 Å². The highest BCUT2D eigenvalue weighted by molar-refractivity contribution is 5.55. The summed E-state index contributed by atoms with van der Waals surface area (Å²) in [6, 6.07) is 5.21. The Morgan fingerprint density at radius 2 is 1.81 bits per heavy atom. The molecule has 1 rings (SSSR count). The smallest absolute Gasteiger partial charge is 0.146 e. The van der Waals surface area contributed by atoms with Gasteiger partial charge in [-0.15, -0.1) is 0 Å². The van der Waals surface area contributed by atoms with Gasteiger partial charge in [-0.1, -0.05) is 19.1 Å². The van der Waals surface area contributed by atoms with Crippen molar-refractivity contribution in [3.8, 4) is 0 Å². The van der Waals surface area contributed by atoms with Gasteiger partial charge in [-0.05, 0) is 24.5 Å². The van der Waals surface area contributed by atoms with Crippen LogP contribution in [0.3, 0.4) is 0 Å². The Morgan fingerprint density at radius 1 is 1.19 bits per heavy atom. The first-order valence-electron chi connectivity index (χ1n) is 7.39. The van der Waals surface area contributed by atoms with Gasteiger partial charge in [0.25, 0.3) is 0 Å². The van der Waals surface area contributed by atoms with E-state index in [1.165, 1.54) is 6.07 Å². The number of benzene rings is 1. The third kappa shape index (κ3) is 5.61. The summed E-state index contributed by atoms with van der Waals surface area (Å²) in [5.74, 6) is -0.219. The molecule has 0 aliphatic heterocycles. The number of para-hydroxylation sites is 1. The summed E-state index contributed by atoms with van der Waals surface area (Å²) in [6.07, 6.45) is 1.53. The lowest BCUT2D eigenvalue weighted by Gasteiger charge is -2.28. The average molecular weight is 298 g/mol. The largest absolute Gasteiger partial charge is 0.383 e. The van der Waals surface area contributed by atoms with Crippen LogP contribution in [-0.2, 0) is 15.9 Å². The van der Waals surface area contributed by atoms with Gasteiger partial charge in [0.05, 0.1) is 18.9 Å². The predicted octanol–water partition coefficient (Wildman–Crippen LogP) is 2.20. The van der Waals surface area contributed by atoms with Gasteiger partial charge in [0.15, 0.2) is 0 Å².